The zero-order valence-electron chi connectivity index (χ0n) is 16.7. The summed E-state index contributed by atoms with van der Waals surface area (Å²) in [6, 6.07) is 7.16. The molecule has 31 heavy (non-hydrogen) atoms. The summed E-state index contributed by atoms with van der Waals surface area (Å²) in [7, 11) is 2.87. The zero-order valence-corrected chi connectivity index (χ0v) is 16.7. The minimum atomic E-state index is -1.67. The van der Waals surface area contributed by atoms with E-state index in [0.29, 0.717) is 16.9 Å². The molecule has 10 heteroatoms. The first-order valence-electron chi connectivity index (χ1n) is 9.25. The van der Waals surface area contributed by atoms with E-state index in [1.165, 1.54) is 31.3 Å². The van der Waals surface area contributed by atoms with Gasteiger partial charge in [-0.2, -0.15) is 0 Å². The van der Waals surface area contributed by atoms with Crippen molar-refractivity contribution >= 4 is 17.8 Å². The third kappa shape index (κ3) is 3.57. The minimum absolute atomic E-state index is 0.122. The third-order valence-corrected chi connectivity index (χ3v) is 5.06. The molecule has 10 nitrogen and oxygen atoms in total. The fraction of sp³-hybridized carbons (Fsp3) is 0.238. The molecular weight excluding hydrogens is 404 g/mol. The van der Waals surface area contributed by atoms with Gasteiger partial charge in [0.25, 0.3) is 17.4 Å². The number of carbonyl (C=O) groups is 3. The predicted octanol–water partition coefficient (Wildman–Crippen LogP) is -0.0222. The van der Waals surface area contributed by atoms with Gasteiger partial charge >= 0.3 is 6.03 Å². The number of aromatic nitrogens is 1. The van der Waals surface area contributed by atoms with Crippen molar-refractivity contribution in [2.24, 2.45) is 0 Å². The molecule has 3 heterocycles. The summed E-state index contributed by atoms with van der Waals surface area (Å²) >= 11 is 0. The molecule has 4 rings (SSSR count). The van der Waals surface area contributed by atoms with E-state index in [2.05, 4.69) is 27.5 Å². The van der Waals surface area contributed by atoms with Crippen LogP contribution in [0.4, 0.5) is 4.79 Å². The molecule has 1 saturated heterocycles. The van der Waals surface area contributed by atoms with Gasteiger partial charge in [-0.15, -0.1) is 0 Å². The molecule has 1 atom stereocenters. The minimum Gasteiger partial charge on any atom is -0.497 e. The number of H-pyrrole nitrogens is 1. The number of urea groups is 1. The van der Waals surface area contributed by atoms with Gasteiger partial charge in [0.1, 0.15) is 5.75 Å². The lowest BCUT2D eigenvalue weighted by Gasteiger charge is -2.26. The summed E-state index contributed by atoms with van der Waals surface area (Å²) in [6.07, 6.45) is 0. The predicted molar refractivity (Wildman–Crippen MR) is 108 cm³/mol. The van der Waals surface area contributed by atoms with E-state index in [4.69, 9.17) is 9.47 Å². The van der Waals surface area contributed by atoms with Crippen molar-refractivity contribution in [1.82, 2.24) is 20.5 Å². The Balaban J connectivity index is 1.68. The molecule has 2 aromatic rings. The van der Waals surface area contributed by atoms with Crippen molar-refractivity contribution < 1.29 is 23.9 Å². The molecule has 0 aliphatic carbocycles. The largest absolute Gasteiger partial charge is 0.497 e. The Labute approximate surface area is 176 Å². The number of amides is 4. The van der Waals surface area contributed by atoms with E-state index >= 15 is 0 Å². The molecule has 1 aromatic carbocycles. The van der Waals surface area contributed by atoms with Crippen LogP contribution in [0.1, 0.15) is 21.5 Å². The molecule has 0 saturated carbocycles. The van der Waals surface area contributed by atoms with Crippen molar-refractivity contribution in [2.45, 2.75) is 12.1 Å². The van der Waals surface area contributed by atoms with Crippen LogP contribution in [0.3, 0.4) is 0 Å². The Hall–Kier alpha value is -4.26. The van der Waals surface area contributed by atoms with Gasteiger partial charge in [-0.3, -0.25) is 24.7 Å². The number of benzene rings is 1. The average Bonchev–Trinajstić information content (AvgIpc) is 3.21. The van der Waals surface area contributed by atoms with Gasteiger partial charge in [0.15, 0.2) is 0 Å². The number of pyridine rings is 1. The Bertz CT molecular complexity index is 1220. The SMILES string of the molecule is COc1ccc2c(c1)C(=O)N(C[C@@]1(C#Cc3ccc(=O)[nH]c3OC)NC(=O)NC1=O)C2. The van der Waals surface area contributed by atoms with Crippen LogP contribution in [-0.4, -0.2) is 54.0 Å². The standard InChI is InChI=1S/C21H18N4O6/c1-30-14-5-3-13-10-25(18(27)15(13)9-14)11-21(19(28)23-20(29)24-21)8-7-12-4-6-16(26)22-17(12)31-2/h3-6,9H,10-11H2,1-2H3,(H,22,26)(H2,23,24,28,29)/t21-/m1/s1. The molecule has 2 aliphatic heterocycles. The number of nitrogens with one attached hydrogen (secondary N) is 3. The molecule has 0 radical (unpaired) electrons. The highest BCUT2D eigenvalue weighted by molar-refractivity contribution is 6.10. The first-order chi connectivity index (χ1) is 14.8. The number of methoxy groups -OCH3 is 2. The van der Waals surface area contributed by atoms with Gasteiger partial charge in [-0.05, 0) is 23.8 Å². The van der Waals surface area contributed by atoms with Gasteiger partial charge in [-0.1, -0.05) is 17.9 Å². The summed E-state index contributed by atoms with van der Waals surface area (Å²) in [5, 5.41) is 4.70. The number of rotatable bonds is 4. The van der Waals surface area contributed by atoms with Crippen LogP contribution in [-0.2, 0) is 11.3 Å². The second kappa shape index (κ2) is 7.53. The van der Waals surface area contributed by atoms with Crippen molar-refractivity contribution in [3.05, 3.63) is 57.4 Å². The smallest absolute Gasteiger partial charge is 0.323 e. The average molecular weight is 422 g/mol. The monoisotopic (exact) mass is 422 g/mol. The number of hydrogen-bond donors (Lipinski definition) is 3. The van der Waals surface area contributed by atoms with Gasteiger partial charge < -0.3 is 19.7 Å². The Morgan fingerprint density at radius 3 is 2.58 bits per heavy atom. The van der Waals surface area contributed by atoms with Gasteiger partial charge in [-0.25, -0.2) is 4.79 Å². The fourth-order valence-corrected chi connectivity index (χ4v) is 3.50. The fourth-order valence-electron chi connectivity index (χ4n) is 3.50. The normalized spacial score (nSPS) is 19.3. The summed E-state index contributed by atoms with van der Waals surface area (Å²) in [5.41, 5.74) is -0.480. The summed E-state index contributed by atoms with van der Waals surface area (Å²) in [4.78, 5) is 52.9. The van der Waals surface area contributed by atoms with E-state index in [0.717, 1.165) is 5.56 Å². The Morgan fingerprint density at radius 2 is 1.90 bits per heavy atom. The topological polar surface area (TPSA) is 130 Å². The lowest BCUT2D eigenvalue weighted by Crippen LogP contribution is -2.54. The first kappa shape index (κ1) is 20.0. The molecule has 158 valence electrons. The zero-order chi connectivity index (χ0) is 22.2. The van der Waals surface area contributed by atoms with Crippen LogP contribution in [0.5, 0.6) is 11.6 Å². The van der Waals surface area contributed by atoms with Crippen LogP contribution in [0.15, 0.2) is 35.1 Å². The molecule has 0 unspecified atom stereocenters. The molecule has 2 aliphatic rings. The van der Waals surface area contributed by atoms with Crippen LogP contribution < -0.4 is 25.7 Å². The second-order valence-corrected chi connectivity index (χ2v) is 7.02. The molecule has 1 aromatic heterocycles. The second-order valence-electron chi connectivity index (χ2n) is 7.02. The molecule has 3 N–H and O–H groups in total. The first-order valence-corrected chi connectivity index (χ1v) is 9.25. The highest BCUT2D eigenvalue weighted by Crippen LogP contribution is 2.28. The highest BCUT2D eigenvalue weighted by Gasteiger charge is 2.48. The highest BCUT2D eigenvalue weighted by atomic mass is 16.5. The van der Waals surface area contributed by atoms with E-state index in [1.807, 2.05) is 0 Å². The van der Waals surface area contributed by atoms with Gasteiger partial charge in [0.05, 0.1) is 26.3 Å². The number of hydrogen-bond acceptors (Lipinski definition) is 6. The quantitative estimate of drug-likeness (QED) is 0.469. The van der Waals surface area contributed by atoms with Crippen molar-refractivity contribution in [3.63, 3.8) is 0 Å². The van der Waals surface area contributed by atoms with Crippen molar-refractivity contribution in [3.8, 4) is 23.5 Å². The molecule has 0 spiro atoms. The number of ether oxygens (including phenoxy) is 2. The molecule has 4 amide bonds. The van der Waals surface area contributed by atoms with Crippen molar-refractivity contribution in [2.75, 3.05) is 20.8 Å². The van der Waals surface area contributed by atoms with Crippen LogP contribution >= 0.6 is 0 Å². The van der Waals surface area contributed by atoms with E-state index in [9.17, 15) is 19.2 Å². The molecule has 1 fully saturated rings. The number of imide groups is 1. The van der Waals surface area contributed by atoms with E-state index < -0.39 is 17.5 Å². The van der Waals surface area contributed by atoms with Crippen LogP contribution in [0.2, 0.25) is 0 Å². The lowest BCUT2D eigenvalue weighted by atomic mass is 9.99. The lowest BCUT2D eigenvalue weighted by molar-refractivity contribution is -0.122. The van der Waals surface area contributed by atoms with Crippen LogP contribution in [0, 0.1) is 11.8 Å². The van der Waals surface area contributed by atoms with Gasteiger partial charge in [0.2, 0.25) is 11.4 Å². The Morgan fingerprint density at radius 1 is 1.10 bits per heavy atom. The number of aromatic amines is 1. The summed E-state index contributed by atoms with van der Waals surface area (Å²) < 4.78 is 10.3. The van der Waals surface area contributed by atoms with Crippen molar-refractivity contribution in [1.29, 1.82) is 0 Å². The maximum atomic E-state index is 12.9. The van der Waals surface area contributed by atoms with Crippen LogP contribution in [0.25, 0.3) is 0 Å². The maximum absolute atomic E-state index is 12.9. The molecule has 0 bridgehead atoms. The van der Waals surface area contributed by atoms with Gasteiger partial charge in [0, 0.05) is 18.2 Å². The third-order valence-electron chi connectivity index (χ3n) is 5.06. The summed E-state index contributed by atoms with van der Waals surface area (Å²) in [5.74, 6) is 5.23. The number of nitrogens with zero attached hydrogens (tertiary/aromatic N) is 1. The summed E-state index contributed by atoms with van der Waals surface area (Å²) in [6.45, 7) is 0.0891. The number of carbonyl (C=O) groups excluding carboxylic acids is 3. The van der Waals surface area contributed by atoms with E-state index in [-0.39, 0.29) is 30.4 Å². The maximum Gasteiger partial charge on any atom is 0.323 e. The number of fused-ring (bicyclic) bond motifs is 1. The molecular formula is C21H18N4O6. The van der Waals surface area contributed by atoms with E-state index in [1.54, 1.807) is 18.2 Å². The Kier molecular flexibility index (Phi) is 4.87.